The normalized spacial score (nSPS) is 12.5. The molecular weight excluding hydrogens is 376 g/mol. The summed E-state index contributed by atoms with van der Waals surface area (Å²) in [6.45, 7) is 0.0116. The lowest BCUT2D eigenvalue weighted by atomic mass is 10.0. The van der Waals surface area contributed by atoms with Gasteiger partial charge in [-0.2, -0.15) is 5.10 Å². The van der Waals surface area contributed by atoms with Crippen LogP contribution in [-0.4, -0.2) is 40.4 Å². The van der Waals surface area contributed by atoms with Crippen LogP contribution >= 0.6 is 0 Å². The van der Waals surface area contributed by atoms with Crippen LogP contribution in [0.1, 0.15) is 17.4 Å². The Labute approximate surface area is 174 Å². The van der Waals surface area contributed by atoms with Crippen molar-refractivity contribution in [2.24, 2.45) is 12.0 Å². The second-order valence-electron chi connectivity index (χ2n) is 7.00. The van der Waals surface area contributed by atoms with Gasteiger partial charge in [0.25, 0.3) is 0 Å². The predicted octanol–water partition coefficient (Wildman–Crippen LogP) is 4.01. The Balaban J connectivity index is 1.51. The second-order valence-corrected chi connectivity index (χ2v) is 7.00. The van der Waals surface area contributed by atoms with E-state index in [9.17, 15) is 4.79 Å². The fraction of sp³-hybridized carbons (Fsp3) is 0.167. The van der Waals surface area contributed by atoms with Crippen LogP contribution in [0.25, 0.3) is 21.9 Å². The van der Waals surface area contributed by atoms with E-state index in [2.05, 4.69) is 15.1 Å². The molecular formula is C24H22N4O2. The number of hydrogen-bond donors (Lipinski definition) is 0. The third kappa shape index (κ3) is 4.18. The number of Topliss-reactive ketones (excluding diaryl/α,β-unsaturated/α-hetero) is 1. The molecule has 4 aromatic rings. The first kappa shape index (κ1) is 19.7. The third-order valence-electron chi connectivity index (χ3n) is 4.91. The SMILES string of the molecule is COC(C(=O)CN=Cc1nn(C)cc1-c1ccncc1)c1ccc2ccccc2c1. The van der Waals surface area contributed by atoms with E-state index < -0.39 is 6.10 Å². The summed E-state index contributed by atoms with van der Waals surface area (Å²) in [5.41, 5.74) is 3.47. The molecule has 1 atom stereocenters. The number of ether oxygens (including phenoxy) is 1. The highest BCUT2D eigenvalue weighted by molar-refractivity contribution is 5.92. The van der Waals surface area contributed by atoms with Crippen molar-refractivity contribution < 1.29 is 9.53 Å². The van der Waals surface area contributed by atoms with E-state index in [4.69, 9.17) is 4.74 Å². The molecule has 0 N–H and O–H groups in total. The van der Waals surface area contributed by atoms with Crippen LogP contribution in [0.5, 0.6) is 0 Å². The maximum absolute atomic E-state index is 12.8. The lowest BCUT2D eigenvalue weighted by Crippen LogP contribution is -2.17. The number of nitrogens with zero attached hydrogens (tertiary/aromatic N) is 4. The van der Waals surface area contributed by atoms with E-state index in [-0.39, 0.29) is 12.3 Å². The fourth-order valence-electron chi connectivity index (χ4n) is 3.48. The van der Waals surface area contributed by atoms with Crippen LogP contribution in [0.4, 0.5) is 0 Å². The molecule has 1 unspecified atom stereocenters. The summed E-state index contributed by atoms with van der Waals surface area (Å²) in [6.07, 6.45) is 6.38. The van der Waals surface area contributed by atoms with Gasteiger partial charge in [0, 0.05) is 44.5 Å². The Kier molecular flexibility index (Phi) is 5.77. The zero-order chi connectivity index (χ0) is 20.9. The summed E-state index contributed by atoms with van der Waals surface area (Å²) < 4.78 is 7.23. The molecule has 0 spiro atoms. The maximum atomic E-state index is 12.8. The Morgan fingerprint density at radius 3 is 2.67 bits per heavy atom. The smallest absolute Gasteiger partial charge is 0.187 e. The molecule has 0 amide bonds. The Bertz CT molecular complexity index is 1200. The number of pyridine rings is 1. The van der Waals surface area contributed by atoms with Crippen molar-refractivity contribution in [1.82, 2.24) is 14.8 Å². The number of fused-ring (bicyclic) bond motifs is 1. The number of aromatic nitrogens is 3. The average Bonchev–Trinajstić information content (AvgIpc) is 3.15. The van der Waals surface area contributed by atoms with Gasteiger partial charge in [-0.15, -0.1) is 0 Å². The summed E-state index contributed by atoms with van der Waals surface area (Å²) in [5, 5.41) is 6.64. The van der Waals surface area contributed by atoms with Gasteiger partial charge < -0.3 is 4.74 Å². The molecule has 6 heteroatoms. The number of carbonyl (C=O) groups excluding carboxylic acids is 1. The monoisotopic (exact) mass is 398 g/mol. The molecule has 6 nitrogen and oxygen atoms in total. The zero-order valence-corrected chi connectivity index (χ0v) is 16.9. The molecule has 0 radical (unpaired) electrons. The first-order valence-electron chi connectivity index (χ1n) is 9.64. The Hall–Kier alpha value is -3.64. The number of carbonyl (C=O) groups is 1. The minimum Gasteiger partial charge on any atom is -0.369 e. The van der Waals surface area contributed by atoms with Crippen LogP contribution < -0.4 is 0 Å². The molecule has 2 heterocycles. The van der Waals surface area contributed by atoms with Gasteiger partial charge in [0.15, 0.2) is 5.78 Å². The summed E-state index contributed by atoms with van der Waals surface area (Å²) in [5.74, 6) is -0.106. The van der Waals surface area contributed by atoms with Gasteiger partial charge in [0.1, 0.15) is 18.3 Å². The summed E-state index contributed by atoms with van der Waals surface area (Å²) in [7, 11) is 3.40. The van der Waals surface area contributed by atoms with Crippen molar-refractivity contribution in [2.75, 3.05) is 13.7 Å². The van der Waals surface area contributed by atoms with E-state index in [1.807, 2.05) is 67.8 Å². The molecule has 2 aromatic heterocycles. The van der Waals surface area contributed by atoms with Crippen LogP contribution in [-0.2, 0) is 16.6 Å². The molecule has 0 saturated heterocycles. The molecule has 2 aromatic carbocycles. The molecule has 150 valence electrons. The first-order chi connectivity index (χ1) is 14.7. The number of aryl methyl sites for hydroxylation is 1. The number of rotatable bonds is 7. The number of methoxy groups -OCH3 is 1. The summed E-state index contributed by atoms with van der Waals surface area (Å²) in [6, 6.07) is 17.8. The molecule has 0 bridgehead atoms. The van der Waals surface area contributed by atoms with Gasteiger partial charge in [-0.25, -0.2) is 0 Å². The lowest BCUT2D eigenvalue weighted by molar-refractivity contribution is -0.127. The van der Waals surface area contributed by atoms with Gasteiger partial charge in [0.2, 0.25) is 0 Å². The van der Waals surface area contributed by atoms with Gasteiger partial charge >= 0.3 is 0 Å². The highest BCUT2D eigenvalue weighted by Crippen LogP contribution is 2.24. The standard InChI is InChI=1S/C24H22N4O2/c1-28-16-21(18-9-11-25-12-10-18)22(27-28)14-26-15-23(29)24(30-2)20-8-7-17-5-3-4-6-19(17)13-20/h3-14,16,24H,15H2,1-2H3. The minimum absolute atomic E-state index is 0.0116. The van der Waals surface area contributed by atoms with E-state index in [1.54, 1.807) is 30.4 Å². The largest absolute Gasteiger partial charge is 0.369 e. The molecule has 0 aliphatic rings. The van der Waals surface area contributed by atoms with Crippen molar-refractivity contribution in [3.8, 4) is 11.1 Å². The van der Waals surface area contributed by atoms with Crippen molar-refractivity contribution >= 4 is 22.8 Å². The number of ketones is 1. The predicted molar refractivity (Wildman–Crippen MR) is 118 cm³/mol. The topological polar surface area (TPSA) is 69.4 Å². The van der Waals surface area contributed by atoms with E-state index in [0.717, 1.165) is 27.5 Å². The fourth-order valence-corrected chi connectivity index (χ4v) is 3.48. The summed E-state index contributed by atoms with van der Waals surface area (Å²) in [4.78, 5) is 21.2. The van der Waals surface area contributed by atoms with Gasteiger partial charge in [0.05, 0.1) is 0 Å². The van der Waals surface area contributed by atoms with Crippen molar-refractivity contribution in [2.45, 2.75) is 6.10 Å². The van der Waals surface area contributed by atoms with Crippen molar-refractivity contribution in [3.05, 3.63) is 84.4 Å². The number of aliphatic imine (C=N–C) groups is 1. The molecule has 4 rings (SSSR count). The van der Waals surface area contributed by atoms with Crippen LogP contribution in [0.2, 0.25) is 0 Å². The number of hydrogen-bond acceptors (Lipinski definition) is 5. The van der Waals surface area contributed by atoms with Gasteiger partial charge in [-0.05, 0) is 40.1 Å². The summed E-state index contributed by atoms with van der Waals surface area (Å²) >= 11 is 0. The zero-order valence-electron chi connectivity index (χ0n) is 16.9. The maximum Gasteiger partial charge on any atom is 0.187 e. The second kappa shape index (κ2) is 8.80. The lowest BCUT2D eigenvalue weighted by Gasteiger charge is -2.14. The van der Waals surface area contributed by atoms with E-state index in [0.29, 0.717) is 5.69 Å². The Morgan fingerprint density at radius 2 is 1.90 bits per heavy atom. The van der Waals surface area contributed by atoms with Gasteiger partial charge in [-0.3, -0.25) is 19.5 Å². The quantitative estimate of drug-likeness (QED) is 0.441. The van der Waals surface area contributed by atoms with Crippen LogP contribution in [0.3, 0.4) is 0 Å². The number of benzene rings is 2. The highest BCUT2D eigenvalue weighted by Gasteiger charge is 2.20. The molecule has 30 heavy (non-hydrogen) atoms. The van der Waals surface area contributed by atoms with E-state index in [1.165, 1.54) is 0 Å². The molecule has 0 aliphatic heterocycles. The van der Waals surface area contributed by atoms with Crippen LogP contribution in [0.15, 0.2) is 78.2 Å². The third-order valence-corrected chi connectivity index (χ3v) is 4.91. The average molecular weight is 398 g/mol. The van der Waals surface area contributed by atoms with Crippen LogP contribution in [0, 0.1) is 0 Å². The van der Waals surface area contributed by atoms with Crippen molar-refractivity contribution in [1.29, 1.82) is 0 Å². The highest BCUT2D eigenvalue weighted by atomic mass is 16.5. The van der Waals surface area contributed by atoms with E-state index >= 15 is 0 Å². The first-order valence-corrected chi connectivity index (χ1v) is 9.64. The molecule has 0 aliphatic carbocycles. The Morgan fingerprint density at radius 1 is 1.13 bits per heavy atom. The molecule has 0 saturated carbocycles. The van der Waals surface area contributed by atoms with Gasteiger partial charge in [-0.1, -0.05) is 36.4 Å². The minimum atomic E-state index is -0.657. The molecule has 0 fully saturated rings. The van der Waals surface area contributed by atoms with Crippen molar-refractivity contribution in [3.63, 3.8) is 0 Å².